The van der Waals surface area contributed by atoms with E-state index in [0.29, 0.717) is 11.1 Å². The minimum absolute atomic E-state index is 0. The smallest absolute Gasteiger partial charge is 0.300 e. The molecule has 0 spiro atoms. The number of carboxylic acids is 1. The maximum atomic E-state index is 11.8. The van der Waals surface area contributed by atoms with Gasteiger partial charge in [0.05, 0.1) is 11.0 Å². The van der Waals surface area contributed by atoms with E-state index in [4.69, 9.17) is 20.0 Å². The zero-order valence-electron chi connectivity index (χ0n) is 30.8. The molecule has 0 atom stereocenters. The first-order valence-electron chi connectivity index (χ1n) is 17.3. The number of halogens is 1. The van der Waals surface area contributed by atoms with Crippen LogP contribution in [0.1, 0.15) is 44.9 Å². The number of aliphatic carboxylic acids is 1. The Kier molecular flexibility index (Phi) is 15.4. The van der Waals surface area contributed by atoms with Crippen molar-refractivity contribution in [2.24, 2.45) is 0 Å². The number of fused-ring (bicyclic) bond motifs is 9. The van der Waals surface area contributed by atoms with E-state index in [1.165, 1.54) is 25.1 Å². The number of nitrogens with zero attached hydrogens (tertiary/aromatic N) is 1. The highest BCUT2D eigenvalue weighted by Gasteiger charge is 2.29. The van der Waals surface area contributed by atoms with Crippen LogP contribution in [0.2, 0.25) is 0 Å². The second-order valence-electron chi connectivity index (χ2n) is 12.0. The van der Waals surface area contributed by atoms with Gasteiger partial charge in [-0.2, -0.15) is 0 Å². The molecule has 1 heterocycles. The van der Waals surface area contributed by atoms with Crippen LogP contribution in [0, 0.1) is 3.57 Å². The number of Topliss-reactive ketones (excluding diaryl/α,β-unsaturated/α-hetero) is 2. The van der Waals surface area contributed by atoms with E-state index in [0.717, 1.165) is 52.3 Å². The van der Waals surface area contributed by atoms with Gasteiger partial charge < -0.3 is 21.3 Å². The summed E-state index contributed by atoms with van der Waals surface area (Å²) in [4.78, 5) is 51.2. The number of benzene rings is 7. The van der Waals surface area contributed by atoms with Crippen LogP contribution >= 0.6 is 22.6 Å². The Morgan fingerprint density at radius 1 is 0.661 bits per heavy atom. The molecule has 0 unspecified atom stereocenters. The lowest BCUT2D eigenvalue weighted by atomic mass is 9.84. The van der Waals surface area contributed by atoms with E-state index >= 15 is 0 Å². The lowest BCUT2D eigenvalue weighted by Gasteiger charge is -2.16. The molecule has 0 saturated carbocycles. The Morgan fingerprint density at radius 3 is 1.59 bits per heavy atom. The van der Waals surface area contributed by atoms with Crippen LogP contribution in [-0.4, -0.2) is 50.6 Å². The maximum Gasteiger partial charge on any atom is 0.300 e. The summed E-state index contributed by atoms with van der Waals surface area (Å²) in [5.41, 5.74) is 6.70. The summed E-state index contributed by atoms with van der Waals surface area (Å²) in [5.74, 6) is -0.731. The molecule has 0 aliphatic heterocycles. The number of imidazole rings is 1. The van der Waals surface area contributed by atoms with E-state index in [9.17, 15) is 14.4 Å². The first-order chi connectivity index (χ1) is 26.7. The van der Waals surface area contributed by atoms with Crippen molar-refractivity contribution in [3.05, 3.63) is 172 Å². The molecule has 1 aliphatic carbocycles. The molecule has 1 aliphatic rings. The first-order valence-corrected chi connectivity index (χ1v) is 18.4. The van der Waals surface area contributed by atoms with Crippen LogP contribution in [0.25, 0.3) is 55.1 Å². The number of rotatable bonds is 2. The standard InChI is InChI=1S/C21H13IN2.C14H8O2.C7H6O.C2H4O2.C2H6O.H3N/c22-14-10-11-16-15-8-4-5-9-17(15)19-20(18(16)12-14)24-21(23-19)13-6-2-1-3-7-13;15-13-11-7-3-1-5-9(11)10-6-2-4-8-12(10)14(13)16;8-6-7-4-2-1-3-5-7;1-2(3)4;1-2-3;/h1-12H,(H,23,24);1-8H;1-6H;1H3,(H,3,4);3H,2H2,1H3;1H3. The summed E-state index contributed by atoms with van der Waals surface area (Å²) in [6.07, 6.45) is 0.833. The molecule has 7 aromatic carbocycles. The van der Waals surface area contributed by atoms with Gasteiger partial charge in [0.25, 0.3) is 5.97 Å². The number of aromatic amines is 1. The third-order valence-electron chi connectivity index (χ3n) is 8.25. The van der Waals surface area contributed by atoms with Crippen LogP contribution in [0.4, 0.5) is 0 Å². The summed E-state index contributed by atoms with van der Waals surface area (Å²) in [6.45, 7) is 3.01. The van der Waals surface area contributed by atoms with Crippen LogP contribution < -0.4 is 6.15 Å². The molecule has 6 N–H and O–H groups in total. The highest BCUT2D eigenvalue weighted by Crippen LogP contribution is 2.36. The maximum absolute atomic E-state index is 11.8. The molecule has 9 nitrogen and oxygen atoms in total. The van der Waals surface area contributed by atoms with Crippen LogP contribution in [0.3, 0.4) is 0 Å². The highest BCUT2D eigenvalue weighted by molar-refractivity contribution is 14.1. The minimum Gasteiger partial charge on any atom is -0.481 e. The van der Waals surface area contributed by atoms with Crippen molar-refractivity contribution >= 4 is 79.0 Å². The Hall–Kier alpha value is -6.34. The lowest BCUT2D eigenvalue weighted by Crippen LogP contribution is -2.20. The quantitative estimate of drug-likeness (QED) is 0.0575. The van der Waals surface area contributed by atoms with Crippen molar-refractivity contribution in [1.82, 2.24) is 16.1 Å². The molecule has 56 heavy (non-hydrogen) atoms. The van der Waals surface area contributed by atoms with Crippen LogP contribution in [0.15, 0.2) is 152 Å². The zero-order chi connectivity index (χ0) is 39.3. The molecule has 0 radical (unpaired) electrons. The summed E-state index contributed by atoms with van der Waals surface area (Å²) in [5, 5.41) is 19.9. The third kappa shape index (κ3) is 10.0. The van der Waals surface area contributed by atoms with E-state index < -0.39 is 17.5 Å². The monoisotopic (exact) mass is 857 g/mol. The molecule has 0 amide bonds. The van der Waals surface area contributed by atoms with Crippen molar-refractivity contribution in [3.8, 4) is 22.5 Å². The predicted molar refractivity (Wildman–Crippen MR) is 233 cm³/mol. The molecule has 1 aromatic heterocycles. The molecular formula is C46H40IN3O6. The van der Waals surface area contributed by atoms with Gasteiger partial charge in [-0.3, -0.25) is 19.2 Å². The Balaban J connectivity index is 0.000000187. The van der Waals surface area contributed by atoms with Crippen molar-refractivity contribution < 1.29 is 29.4 Å². The third-order valence-corrected chi connectivity index (χ3v) is 8.92. The van der Waals surface area contributed by atoms with Gasteiger partial charge in [-0.15, -0.1) is 0 Å². The fraction of sp³-hybridized carbons (Fsp3) is 0.0652. The molecule has 10 heteroatoms. The van der Waals surface area contributed by atoms with E-state index in [1.54, 1.807) is 43.3 Å². The average molecular weight is 858 g/mol. The molecular weight excluding hydrogens is 817 g/mol. The lowest BCUT2D eigenvalue weighted by molar-refractivity contribution is -0.134. The number of ketones is 2. The number of aromatic nitrogens is 2. The minimum atomic E-state index is -0.833. The Labute approximate surface area is 337 Å². The van der Waals surface area contributed by atoms with Gasteiger partial charge in [-0.25, -0.2) is 4.98 Å². The van der Waals surface area contributed by atoms with Gasteiger partial charge >= 0.3 is 0 Å². The van der Waals surface area contributed by atoms with Crippen LogP contribution in [0.5, 0.6) is 0 Å². The Bertz CT molecular complexity index is 2550. The van der Waals surface area contributed by atoms with Crippen molar-refractivity contribution in [3.63, 3.8) is 0 Å². The van der Waals surface area contributed by atoms with Crippen molar-refractivity contribution in [1.29, 1.82) is 0 Å². The van der Waals surface area contributed by atoms with Crippen LogP contribution in [-0.2, 0) is 4.79 Å². The van der Waals surface area contributed by atoms with E-state index in [2.05, 4.69) is 82.2 Å². The van der Waals surface area contributed by atoms with Gasteiger partial charge in [0.2, 0.25) is 11.6 Å². The second kappa shape index (κ2) is 20.4. The van der Waals surface area contributed by atoms with E-state index in [-0.39, 0.29) is 12.8 Å². The Morgan fingerprint density at radius 2 is 1.09 bits per heavy atom. The first kappa shape index (κ1) is 42.4. The van der Waals surface area contributed by atoms with Gasteiger partial charge in [0.1, 0.15) is 12.1 Å². The predicted octanol–water partition coefficient (Wildman–Crippen LogP) is 10.6. The molecule has 0 saturated heterocycles. The van der Waals surface area contributed by atoms with Gasteiger partial charge in [-0.05, 0) is 63.5 Å². The second-order valence-corrected chi connectivity index (χ2v) is 13.3. The molecule has 0 fully saturated rings. The summed E-state index contributed by atoms with van der Waals surface area (Å²) in [6, 6.07) is 49.0. The van der Waals surface area contributed by atoms with Crippen molar-refractivity contribution in [2.45, 2.75) is 13.8 Å². The van der Waals surface area contributed by atoms with E-state index in [1.807, 2.05) is 60.7 Å². The molecule has 282 valence electrons. The number of carboxylic acid groups (broad SMARTS) is 1. The summed E-state index contributed by atoms with van der Waals surface area (Å²) >= 11 is 2.36. The number of nitrogens with one attached hydrogen (secondary N) is 1. The largest absolute Gasteiger partial charge is 0.481 e. The topological polar surface area (TPSA) is 172 Å². The number of hydrogen-bond donors (Lipinski definition) is 4. The average Bonchev–Trinajstić information content (AvgIpc) is 3.68. The SMILES string of the molecule is CC(=O)O.CCO.Ic1ccc2c3ccccc3c3[nH]c(-c4ccccc4)nc3c2c1.N.O=C1C(=O)c2ccccc2-c2ccccc21.O=Cc1ccccc1. The molecule has 0 bridgehead atoms. The normalized spacial score (nSPS) is 10.7. The highest BCUT2D eigenvalue weighted by atomic mass is 127. The number of carbonyl (C=O) groups excluding carboxylic acids is 3. The number of aliphatic hydroxyl groups is 1. The fourth-order valence-electron chi connectivity index (χ4n) is 5.99. The summed E-state index contributed by atoms with van der Waals surface area (Å²) in [7, 11) is 0. The number of H-pyrrole nitrogens is 1. The fourth-order valence-corrected chi connectivity index (χ4v) is 6.48. The molecule has 8 aromatic rings. The number of aliphatic hydroxyl groups excluding tert-OH is 1. The van der Waals surface area contributed by atoms with Gasteiger partial charge in [-0.1, -0.05) is 140 Å². The molecule has 9 rings (SSSR count). The van der Waals surface area contributed by atoms with Gasteiger partial charge in [0, 0.05) is 50.1 Å². The number of aldehydes is 1. The zero-order valence-corrected chi connectivity index (χ0v) is 32.9. The van der Waals surface area contributed by atoms with Gasteiger partial charge in [0.15, 0.2) is 0 Å². The summed E-state index contributed by atoms with van der Waals surface area (Å²) < 4.78 is 1.22. The number of carbonyl (C=O) groups is 4. The van der Waals surface area contributed by atoms with Crippen molar-refractivity contribution in [2.75, 3.05) is 6.61 Å². The number of hydrogen-bond acceptors (Lipinski definition) is 7.